The minimum atomic E-state index is -1.36. The molecule has 0 spiro atoms. The Morgan fingerprint density at radius 3 is 2.75 bits per heavy atom. The highest BCUT2D eigenvalue weighted by atomic mass is 32.1. The molecule has 1 aliphatic heterocycles. The lowest BCUT2D eigenvalue weighted by molar-refractivity contribution is -0.380. The summed E-state index contributed by atoms with van der Waals surface area (Å²) in [4.78, 5) is 37.7. The van der Waals surface area contributed by atoms with Crippen LogP contribution in [0, 0.1) is 15.9 Å². The number of carboxylic acid groups (broad SMARTS) is 1. The van der Waals surface area contributed by atoms with Gasteiger partial charge in [-0.1, -0.05) is 11.3 Å². The van der Waals surface area contributed by atoms with E-state index in [2.05, 4.69) is 0 Å². The fourth-order valence-electron chi connectivity index (χ4n) is 4.32. The molecule has 3 aromatic rings. The van der Waals surface area contributed by atoms with Crippen molar-refractivity contribution in [2.45, 2.75) is 31.8 Å². The second-order valence-electron chi connectivity index (χ2n) is 7.91. The summed E-state index contributed by atoms with van der Waals surface area (Å²) in [5.41, 5.74) is 0.115. The van der Waals surface area contributed by atoms with Gasteiger partial charge in [-0.05, 0) is 30.9 Å². The van der Waals surface area contributed by atoms with E-state index >= 15 is 4.39 Å². The molecule has 2 aromatic heterocycles. The standard InChI is InChI=1S/C21H18FN3O6S/c1-31-20-17-12(19(26)13(21(27)28)9-24(17)11-2-3-11)7-14(22)18(20)23-5-4-15-10(8-23)6-16(32-15)25(29)30/h6-7,9,11H,2-5,8H2,1H3,(H,27,28). The van der Waals surface area contributed by atoms with E-state index in [1.165, 1.54) is 19.4 Å². The molecule has 0 atom stereocenters. The molecule has 0 bridgehead atoms. The number of benzene rings is 1. The van der Waals surface area contributed by atoms with Gasteiger partial charge < -0.3 is 19.3 Å². The van der Waals surface area contributed by atoms with E-state index in [1.807, 2.05) is 0 Å². The lowest BCUT2D eigenvalue weighted by Gasteiger charge is -2.31. The van der Waals surface area contributed by atoms with Crippen molar-refractivity contribution < 1.29 is 24.0 Å². The third kappa shape index (κ3) is 3.11. The van der Waals surface area contributed by atoms with Gasteiger partial charge in [0.25, 0.3) is 0 Å². The van der Waals surface area contributed by atoms with E-state index in [9.17, 15) is 24.8 Å². The molecule has 1 aromatic carbocycles. The predicted molar refractivity (Wildman–Crippen MR) is 116 cm³/mol. The van der Waals surface area contributed by atoms with E-state index in [1.54, 1.807) is 9.47 Å². The van der Waals surface area contributed by atoms with E-state index < -0.39 is 27.7 Å². The van der Waals surface area contributed by atoms with Gasteiger partial charge >= 0.3 is 11.0 Å². The van der Waals surface area contributed by atoms with Crippen LogP contribution >= 0.6 is 11.3 Å². The van der Waals surface area contributed by atoms with Gasteiger partial charge in [-0.15, -0.1) is 0 Å². The highest BCUT2D eigenvalue weighted by molar-refractivity contribution is 7.15. The molecule has 1 N–H and O–H groups in total. The number of methoxy groups -OCH3 is 1. The minimum absolute atomic E-state index is 0.0101. The maximum Gasteiger partial charge on any atom is 0.341 e. The normalized spacial score (nSPS) is 15.6. The first-order chi connectivity index (χ1) is 15.3. The van der Waals surface area contributed by atoms with Crippen molar-refractivity contribution in [2.24, 2.45) is 0 Å². The monoisotopic (exact) mass is 459 g/mol. The third-order valence-electron chi connectivity index (χ3n) is 5.92. The summed E-state index contributed by atoms with van der Waals surface area (Å²) in [6.07, 6.45) is 3.46. The maximum atomic E-state index is 15.4. The van der Waals surface area contributed by atoms with Crippen LogP contribution in [0.1, 0.15) is 39.7 Å². The lowest BCUT2D eigenvalue weighted by atomic mass is 10.0. The maximum absolute atomic E-state index is 15.4. The molecular formula is C21H18FN3O6S. The zero-order chi connectivity index (χ0) is 22.7. The second-order valence-corrected chi connectivity index (χ2v) is 9.03. The molecule has 11 heteroatoms. The van der Waals surface area contributed by atoms with Gasteiger partial charge in [0.05, 0.1) is 22.9 Å². The fraction of sp³-hybridized carbons (Fsp3) is 0.333. The topological polar surface area (TPSA) is 115 Å². The van der Waals surface area contributed by atoms with Crippen molar-refractivity contribution in [1.29, 1.82) is 0 Å². The van der Waals surface area contributed by atoms with Gasteiger partial charge in [-0.2, -0.15) is 0 Å². The van der Waals surface area contributed by atoms with Gasteiger partial charge in [0.2, 0.25) is 5.43 Å². The SMILES string of the molecule is COc1c(N2CCc3sc([N+](=O)[O-])cc3C2)c(F)cc2c(=O)c(C(=O)O)cn(C3CC3)c12. The van der Waals surface area contributed by atoms with Gasteiger partial charge in [0.15, 0.2) is 11.6 Å². The Kier molecular flexibility index (Phi) is 4.66. The largest absolute Gasteiger partial charge is 0.492 e. The van der Waals surface area contributed by atoms with E-state index in [0.717, 1.165) is 40.7 Å². The molecule has 1 saturated carbocycles. The Morgan fingerprint density at radius 1 is 1.38 bits per heavy atom. The number of halogens is 1. The summed E-state index contributed by atoms with van der Waals surface area (Å²) < 4.78 is 22.7. The first-order valence-corrected chi connectivity index (χ1v) is 10.8. The van der Waals surface area contributed by atoms with Crippen molar-refractivity contribution in [3.05, 3.63) is 60.5 Å². The molecule has 2 aliphatic rings. The lowest BCUT2D eigenvalue weighted by Crippen LogP contribution is -2.31. The van der Waals surface area contributed by atoms with Crippen molar-refractivity contribution >= 4 is 38.9 Å². The Hall–Kier alpha value is -3.47. The zero-order valence-electron chi connectivity index (χ0n) is 17.0. The quantitative estimate of drug-likeness (QED) is 0.457. The first-order valence-electron chi connectivity index (χ1n) is 9.99. The van der Waals surface area contributed by atoms with Gasteiger partial charge in [-0.3, -0.25) is 14.9 Å². The molecule has 3 heterocycles. The van der Waals surface area contributed by atoms with E-state index in [4.69, 9.17) is 4.74 Å². The number of pyridine rings is 1. The summed E-state index contributed by atoms with van der Waals surface area (Å²) in [5.74, 6) is -1.91. The van der Waals surface area contributed by atoms with E-state index in [-0.39, 0.29) is 34.4 Å². The fourth-order valence-corrected chi connectivity index (χ4v) is 5.30. The zero-order valence-corrected chi connectivity index (χ0v) is 17.8. The summed E-state index contributed by atoms with van der Waals surface area (Å²) >= 11 is 1.13. The average Bonchev–Trinajstić information content (AvgIpc) is 3.50. The molecule has 0 unspecified atom stereocenters. The number of nitrogens with zero attached hydrogens (tertiary/aromatic N) is 3. The van der Waals surface area contributed by atoms with Crippen LogP contribution in [-0.4, -0.2) is 34.2 Å². The number of hydrogen-bond acceptors (Lipinski definition) is 7. The number of nitro groups is 1. The van der Waals surface area contributed by atoms with Crippen LogP contribution < -0.4 is 15.1 Å². The Bertz CT molecular complexity index is 1360. The Labute approximate surface area is 184 Å². The number of carbonyl (C=O) groups is 1. The second kappa shape index (κ2) is 7.30. The van der Waals surface area contributed by atoms with E-state index in [0.29, 0.717) is 18.5 Å². The molecule has 9 nitrogen and oxygen atoms in total. The summed E-state index contributed by atoms with van der Waals surface area (Å²) in [7, 11) is 1.38. The highest BCUT2D eigenvalue weighted by Gasteiger charge is 2.32. The molecular weight excluding hydrogens is 441 g/mol. The molecule has 0 saturated heterocycles. The number of thiophene rings is 1. The predicted octanol–water partition coefficient (Wildman–Crippen LogP) is 3.71. The number of fused-ring (bicyclic) bond motifs is 2. The summed E-state index contributed by atoms with van der Waals surface area (Å²) in [5, 5.41) is 20.6. The molecule has 0 radical (unpaired) electrons. The van der Waals surface area contributed by atoms with Crippen molar-refractivity contribution in [2.75, 3.05) is 18.6 Å². The number of hydrogen-bond donors (Lipinski definition) is 1. The van der Waals surface area contributed by atoms with Crippen molar-refractivity contribution in [3.63, 3.8) is 0 Å². The number of aromatic nitrogens is 1. The van der Waals surface area contributed by atoms with Gasteiger partial charge in [-0.25, -0.2) is 9.18 Å². The van der Waals surface area contributed by atoms with Crippen LogP contribution in [0.15, 0.2) is 23.1 Å². The summed E-state index contributed by atoms with van der Waals surface area (Å²) in [6, 6.07) is 2.60. The smallest absolute Gasteiger partial charge is 0.341 e. The Balaban J connectivity index is 1.70. The first kappa shape index (κ1) is 20.4. The number of carboxylic acids is 1. The average molecular weight is 459 g/mol. The third-order valence-corrected chi connectivity index (χ3v) is 7.11. The molecule has 0 amide bonds. The molecule has 32 heavy (non-hydrogen) atoms. The number of rotatable bonds is 5. The van der Waals surface area contributed by atoms with Crippen LogP contribution in [0.3, 0.4) is 0 Å². The molecule has 1 aliphatic carbocycles. The van der Waals surface area contributed by atoms with Crippen molar-refractivity contribution in [1.82, 2.24) is 4.57 Å². The molecule has 166 valence electrons. The van der Waals surface area contributed by atoms with Crippen LogP contribution in [-0.2, 0) is 13.0 Å². The van der Waals surface area contributed by atoms with Crippen LogP contribution in [0.2, 0.25) is 0 Å². The Morgan fingerprint density at radius 2 is 2.12 bits per heavy atom. The highest BCUT2D eigenvalue weighted by Crippen LogP contribution is 2.45. The molecule has 1 fully saturated rings. The number of ether oxygens (including phenoxy) is 1. The number of anilines is 1. The van der Waals surface area contributed by atoms with Crippen molar-refractivity contribution in [3.8, 4) is 5.75 Å². The summed E-state index contributed by atoms with van der Waals surface area (Å²) in [6.45, 7) is 0.684. The van der Waals surface area contributed by atoms with Gasteiger partial charge in [0.1, 0.15) is 11.3 Å². The van der Waals surface area contributed by atoms with Gasteiger partial charge in [0, 0.05) is 36.3 Å². The number of aromatic carboxylic acids is 1. The van der Waals surface area contributed by atoms with Crippen LogP contribution in [0.25, 0.3) is 10.9 Å². The minimum Gasteiger partial charge on any atom is -0.492 e. The molecule has 5 rings (SSSR count). The van der Waals surface area contributed by atoms with Crippen LogP contribution in [0.5, 0.6) is 5.75 Å². The van der Waals surface area contributed by atoms with Crippen LogP contribution in [0.4, 0.5) is 15.1 Å².